The van der Waals surface area contributed by atoms with Gasteiger partial charge < -0.3 is 19.8 Å². The van der Waals surface area contributed by atoms with Gasteiger partial charge in [-0.25, -0.2) is 0 Å². The summed E-state index contributed by atoms with van der Waals surface area (Å²) < 4.78 is 0. The van der Waals surface area contributed by atoms with Gasteiger partial charge in [0.15, 0.2) is 0 Å². The summed E-state index contributed by atoms with van der Waals surface area (Å²) in [5.41, 5.74) is 0.727. The van der Waals surface area contributed by atoms with Gasteiger partial charge in [0, 0.05) is 32.0 Å². The van der Waals surface area contributed by atoms with Gasteiger partial charge in [-0.3, -0.25) is 9.88 Å². The van der Waals surface area contributed by atoms with Gasteiger partial charge in [-0.15, -0.1) is 0 Å². The van der Waals surface area contributed by atoms with E-state index >= 15 is 0 Å². The zero-order chi connectivity index (χ0) is 12.0. The Hall–Kier alpha value is 0.0500. The monoisotopic (exact) mass is 268 g/mol. The molecule has 0 saturated heterocycles. The van der Waals surface area contributed by atoms with Crippen LogP contribution in [-0.4, -0.2) is 34.9 Å². The van der Waals surface area contributed by atoms with Gasteiger partial charge in [0.05, 0.1) is 11.9 Å². The number of aliphatic carboxylic acids is 2. The summed E-state index contributed by atoms with van der Waals surface area (Å²) in [5.74, 6) is -2.66. The van der Waals surface area contributed by atoms with Crippen molar-refractivity contribution in [3.63, 3.8) is 0 Å². The van der Waals surface area contributed by atoms with Gasteiger partial charge >= 0.3 is 59.1 Å². The zero-order valence-corrected chi connectivity index (χ0v) is 14.5. The number of carboxylic acid groups (broad SMARTS) is 2. The topological polar surface area (TPSA) is 96.4 Å². The molecule has 0 fully saturated rings. The van der Waals surface area contributed by atoms with Crippen molar-refractivity contribution in [2.24, 2.45) is 0 Å². The number of hydrogen-bond acceptors (Lipinski definition) is 6. The SMILES string of the molecule is O=C([O-])CN(CC(=O)[O-])Cc1cccnc1.[Na+].[Na+]. The Morgan fingerprint density at radius 3 is 2.11 bits per heavy atom. The molecule has 1 aromatic heterocycles. The Morgan fingerprint density at radius 1 is 1.17 bits per heavy atom. The van der Waals surface area contributed by atoms with E-state index in [2.05, 4.69) is 4.98 Å². The maximum absolute atomic E-state index is 10.4. The number of carboxylic acids is 2. The molecule has 1 heterocycles. The maximum Gasteiger partial charge on any atom is 1.00 e. The van der Waals surface area contributed by atoms with Crippen LogP contribution in [0, 0.1) is 0 Å². The second-order valence-electron chi connectivity index (χ2n) is 3.25. The molecule has 8 heteroatoms. The molecule has 0 aliphatic carbocycles. The van der Waals surface area contributed by atoms with E-state index < -0.39 is 25.0 Å². The summed E-state index contributed by atoms with van der Waals surface area (Å²) in [6.45, 7) is -0.735. The van der Waals surface area contributed by atoms with Crippen molar-refractivity contribution in [3.8, 4) is 0 Å². The molecule has 0 bridgehead atoms. The molecule has 0 unspecified atom stereocenters. The normalized spacial score (nSPS) is 9.17. The molecule has 0 saturated carbocycles. The molecule has 6 nitrogen and oxygen atoms in total. The fraction of sp³-hybridized carbons (Fsp3) is 0.300. The summed E-state index contributed by atoms with van der Waals surface area (Å²) in [6.07, 6.45) is 3.11. The molecule has 0 aliphatic heterocycles. The van der Waals surface area contributed by atoms with Crippen LogP contribution in [0.1, 0.15) is 5.56 Å². The van der Waals surface area contributed by atoms with Crippen LogP contribution in [0.5, 0.6) is 0 Å². The van der Waals surface area contributed by atoms with Crippen LogP contribution in [-0.2, 0) is 16.1 Å². The van der Waals surface area contributed by atoms with E-state index in [-0.39, 0.29) is 65.7 Å². The largest absolute Gasteiger partial charge is 1.00 e. The van der Waals surface area contributed by atoms with Crippen LogP contribution in [0.4, 0.5) is 0 Å². The van der Waals surface area contributed by atoms with Crippen molar-refractivity contribution in [2.75, 3.05) is 13.1 Å². The third-order valence-electron chi connectivity index (χ3n) is 1.83. The summed E-state index contributed by atoms with van der Waals surface area (Å²) in [5, 5.41) is 20.8. The standard InChI is InChI=1S/C10H12N2O4.2Na/c13-9(14)6-12(7-10(15)16)5-8-2-1-3-11-4-8;;/h1-4H,5-7H2,(H,13,14)(H,15,16);;/q;2*+1/p-2. The first-order valence-electron chi connectivity index (χ1n) is 4.59. The van der Waals surface area contributed by atoms with E-state index in [4.69, 9.17) is 0 Å². The number of pyridine rings is 1. The summed E-state index contributed by atoms with van der Waals surface area (Å²) in [6, 6.07) is 3.41. The maximum atomic E-state index is 10.4. The molecular weight excluding hydrogens is 258 g/mol. The predicted octanol–water partition coefficient (Wildman–Crippen LogP) is -8.61. The van der Waals surface area contributed by atoms with E-state index in [1.165, 1.54) is 11.1 Å². The molecule has 1 rings (SSSR count). The van der Waals surface area contributed by atoms with E-state index in [0.29, 0.717) is 0 Å². The van der Waals surface area contributed by atoms with Crippen LogP contribution in [0.25, 0.3) is 0 Å². The minimum absolute atomic E-state index is 0. The Bertz CT molecular complexity index is 359. The second kappa shape index (κ2) is 10.9. The molecule has 0 aromatic carbocycles. The van der Waals surface area contributed by atoms with Crippen molar-refractivity contribution in [2.45, 2.75) is 6.54 Å². The third kappa shape index (κ3) is 9.04. The molecule has 0 radical (unpaired) electrons. The van der Waals surface area contributed by atoms with Crippen LogP contribution in [0.15, 0.2) is 24.5 Å². The number of rotatable bonds is 6. The van der Waals surface area contributed by atoms with Gasteiger partial charge in [0.2, 0.25) is 0 Å². The Labute approximate surface area is 149 Å². The molecule has 0 atom stereocenters. The van der Waals surface area contributed by atoms with Crippen molar-refractivity contribution < 1.29 is 78.9 Å². The molecule has 0 spiro atoms. The van der Waals surface area contributed by atoms with Gasteiger partial charge in [-0.1, -0.05) is 6.07 Å². The van der Waals surface area contributed by atoms with Crippen LogP contribution in [0.3, 0.4) is 0 Å². The molecule has 0 aliphatic rings. The fourth-order valence-electron chi connectivity index (χ4n) is 1.28. The van der Waals surface area contributed by atoms with Gasteiger partial charge in [0.25, 0.3) is 0 Å². The van der Waals surface area contributed by atoms with Crippen molar-refractivity contribution in [1.29, 1.82) is 0 Å². The van der Waals surface area contributed by atoms with E-state index in [1.807, 2.05) is 0 Å². The quantitative estimate of drug-likeness (QED) is 0.475. The van der Waals surface area contributed by atoms with E-state index in [0.717, 1.165) is 5.56 Å². The predicted molar refractivity (Wildman–Crippen MR) is 49.5 cm³/mol. The third-order valence-corrected chi connectivity index (χ3v) is 1.83. The zero-order valence-electron chi connectivity index (χ0n) is 10.5. The van der Waals surface area contributed by atoms with Crippen molar-refractivity contribution >= 4 is 11.9 Å². The Kier molecular flexibility index (Phi) is 12.4. The smallest absolute Gasteiger partial charge is 0.549 e. The first-order chi connectivity index (χ1) is 7.58. The average Bonchev–Trinajstić information content (AvgIpc) is 2.16. The summed E-state index contributed by atoms with van der Waals surface area (Å²) >= 11 is 0. The molecule has 86 valence electrons. The van der Waals surface area contributed by atoms with Crippen LogP contribution in [0.2, 0.25) is 0 Å². The molecule has 1 aromatic rings. The second-order valence-corrected chi connectivity index (χ2v) is 3.25. The fourth-order valence-corrected chi connectivity index (χ4v) is 1.28. The van der Waals surface area contributed by atoms with Gasteiger partial charge in [-0.2, -0.15) is 0 Å². The average molecular weight is 268 g/mol. The summed E-state index contributed by atoms with van der Waals surface area (Å²) in [4.78, 5) is 25.8. The molecule has 0 amide bonds. The number of aromatic nitrogens is 1. The Morgan fingerprint density at radius 2 is 1.72 bits per heavy atom. The van der Waals surface area contributed by atoms with Crippen LogP contribution >= 0.6 is 0 Å². The number of hydrogen-bond donors (Lipinski definition) is 0. The number of nitrogens with zero attached hydrogens (tertiary/aromatic N) is 2. The van der Waals surface area contributed by atoms with Crippen molar-refractivity contribution in [1.82, 2.24) is 9.88 Å². The van der Waals surface area contributed by atoms with Gasteiger partial charge in [-0.05, 0) is 11.6 Å². The van der Waals surface area contributed by atoms with E-state index in [1.54, 1.807) is 18.3 Å². The van der Waals surface area contributed by atoms with Crippen LogP contribution < -0.4 is 69.3 Å². The van der Waals surface area contributed by atoms with Gasteiger partial charge in [0.1, 0.15) is 0 Å². The van der Waals surface area contributed by atoms with Crippen molar-refractivity contribution in [3.05, 3.63) is 30.1 Å². The summed E-state index contributed by atoms with van der Waals surface area (Å²) in [7, 11) is 0. The first-order valence-corrected chi connectivity index (χ1v) is 4.59. The number of carbonyl (C=O) groups excluding carboxylic acids is 2. The minimum atomic E-state index is -1.33. The molecular formula is C10H10N2Na2O4. The van der Waals surface area contributed by atoms with E-state index in [9.17, 15) is 19.8 Å². The minimum Gasteiger partial charge on any atom is -0.549 e. The number of carbonyl (C=O) groups is 2. The first kappa shape index (κ1) is 20.4. The molecule has 0 N–H and O–H groups in total. The Balaban J connectivity index is 0. The molecule has 18 heavy (non-hydrogen) atoms.